The van der Waals surface area contributed by atoms with Crippen LogP contribution in [0.15, 0.2) is 12.1 Å². The van der Waals surface area contributed by atoms with Gasteiger partial charge in [-0.3, -0.25) is 0 Å². The molecule has 1 aromatic rings. The molecule has 0 aliphatic rings. The smallest absolute Gasteiger partial charge is 0.512 e. The predicted molar refractivity (Wildman–Crippen MR) is 43.1 cm³/mol. The van der Waals surface area contributed by atoms with Gasteiger partial charge in [-0.25, -0.2) is 4.98 Å². The molecule has 2 N–H and O–H groups in total. The van der Waals surface area contributed by atoms with E-state index in [9.17, 15) is 0 Å². The molecule has 1 rings (SSSR count). The zero-order chi connectivity index (χ0) is 9.56. The molecule has 0 spiro atoms. The zero-order valence-corrected chi connectivity index (χ0v) is 7.82. The average Bonchev–Trinajstić information content (AvgIpc) is 2.08. The summed E-state index contributed by atoms with van der Waals surface area (Å²) in [5, 5.41) is 14.7. The topological polar surface area (TPSA) is 86.5 Å². The zero-order valence-electron chi connectivity index (χ0n) is 6.88. The van der Waals surface area contributed by atoms with Gasteiger partial charge < -0.3 is 17.6 Å². The van der Waals surface area contributed by atoms with Crippen LogP contribution >= 0.6 is 0 Å². The molecule has 0 aliphatic heterocycles. The minimum atomic E-state index is 0. The molecule has 0 aliphatic carbocycles. The fourth-order valence-corrected chi connectivity index (χ4v) is 0.699. The second-order valence-corrected chi connectivity index (χ2v) is 1.98. The summed E-state index contributed by atoms with van der Waals surface area (Å²) in [6.45, 7) is 6.51. The van der Waals surface area contributed by atoms with E-state index in [-0.39, 0.29) is 17.1 Å². The van der Waals surface area contributed by atoms with Crippen molar-refractivity contribution >= 4 is 5.82 Å². The molecule has 13 heavy (non-hydrogen) atoms. The van der Waals surface area contributed by atoms with Crippen molar-refractivity contribution in [3.05, 3.63) is 30.0 Å². The molecule has 0 aromatic carbocycles. The number of nitrogen functional groups attached to an aromatic ring is 1. The van der Waals surface area contributed by atoms with Crippen LogP contribution < -0.4 is 5.73 Å². The number of anilines is 1. The van der Waals surface area contributed by atoms with Crippen LogP contribution in [0.2, 0.25) is 0 Å². The number of nitrogens with zero attached hydrogens (tertiary/aromatic N) is 3. The van der Waals surface area contributed by atoms with Gasteiger partial charge in [0.05, 0.1) is 11.3 Å². The van der Waals surface area contributed by atoms with Crippen molar-refractivity contribution in [2.24, 2.45) is 0 Å². The van der Waals surface area contributed by atoms with Crippen molar-refractivity contribution in [2.75, 3.05) is 5.73 Å². The van der Waals surface area contributed by atoms with Crippen LogP contribution in [0.1, 0.15) is 11.3 Å². The number of hydrogen-bond acceptors (Lipinski definition) is 4. The molecule has 0 saturated carbocycles. The van der Waals surface area contributed by atoms with E-state index < -0.39 is 0 Å². The Morgan fingerprint density at radius 3 is 2.38 bits per heavy atom. The Kier molecular flexibility index (Phi) is 7.67. The Labute approximate surface area is 87.5 Å². The number of rotatable bonds is 0. The van der Waals surface area contributed by atoms with Crippen molar-refractivity contribution in [1.29, 1.82) is 10.5 Å². The third-order valence-corrected chi connectivity index (χ3v) is 1.23. The fraction of sp³-hybridized carbons (Fsp3) is 0.125. The molecular formula is C8H7CuN4. The number of nitriles is 1. The molecule has 0 radical (unpaired) electrons. The number of nitrogens with two attached hydrogens (primary N) is 1. The summed E-state index contributed by atoms with van der Waals surface area (Å²) in [5.74, 6) is 0.455. The molecule has 0 atom stereocenters. The molecule has 4 nitrogen and oxygen atoms in total. The largest absolute Gasteiger partial charge is 1.00 e. The molecule has 0 unspecified atom stereocenters. The fourth-order valence-electron chi connectivity index (χ4n) is 0.699. The quantitative estimate of drug-likeness (QED) is 0.523. The van der Waals surface area contributed by atoms with Crippen LogP contribution in [-0.2, 0) is 17.1 Å². The summed E-state index contributed by atoms with van der Waals surface area (Å²) in [6.07, 6.45) is 0. The van der Waals surface area contributed by atoms with Crippen LogP contribution in [0.25, 0.3) is 0 Å². The van der Waals surface area contributed by atoms with Crippen LogP contribution in [0.5, 0.6) is 0 Å². The minimum Gasteiger partial charge on any atom is -0.512 e. The van der Waals surface area contributed by atoms with E-state index in [2.05, 4.69) is 4.98 Å². The van der Waals surface area contributed by atoms with Gasteiger partial charge in [0.25, 0.3) is 0 Å². The summed E-state index contributed by atoms with van der Waals surface area (Å²) in [4.78, 5) is 3.90. The summed E-state index contributed by atoms with van der Waals surface area (Å²) in [7, 11) is 0. The molecule has 1 aromatic heterocycles. The second kappa shape index (κ2) is 7.12. The van der Waals surface area contributed by atoms with Gasteiger partial charge in [0.1, 0.15) is 11.9 Å². The predicted octanol–water partition coefficient (Wildman–Crippen LogP) is 0.938. The molecule has 0 bridgehead atoms. The Bertz CT molecular complexity index is 327. The van der Waals surface area contributed by atoms with Crippen LogP contribution in [0, 0.1) is 30.1 Å². The van der Waals surface area contributed by atoms with Crippen molar-refractivity contribution < 1.29 is 17.1 Å². The average molecular weight is 223 g/mol. The van der Waals surface area contributed by atoms with E-state index in [1.807, 2.05) is 6.07 Å². The van der Waals surface area contributed by atoms with Gasteiger partial charge in [0, 0.05) is 0 Å². The summed E-state index contributed by atoms with van der Waals surface area (Å²) in [6, 6.07) is 5.29. The Morgan fingerprint density at radius 1 is 1.46 bits per heavy atom. The number of aryl methyl sites for hydroxylation is 1. The van der Waals surface area contributed by atoms with E-state index in [0.717, 1.165) is 0 Å². The van der Waals surface area contributed by atoms with Gasteiger partial charge >= 0.3 is 17.1 Å². The van der Waals surface area contributed by atoms with Crippen molar-refractivity contribution in [2.45, 2.75) is 6.92 Å². The standard InChI is InChI=1S/C7H7N3.CN.Cu/c1-5-6(4-8)2-3-7(9)10-5;1-2;/h2-3H,1H3,(H2,9,10);;/q;-1;+1. The number of pyridine rings is 1. The van der Waals surface area contributed by atoms with Crippen molar-refractivity contribution in [1.82, 2.24) is 4.98 Å². The third-order valence-electron chi connectivity index (χ3n) is 1.23. The van der Waals surface area contributed by atoms with Gasteiger partial charge in [-0.15, -0.1) is 0 Å². The SMILES string of the molecule is Cc1nc(N)ccc1C#N.[C-]#N.[Cu+]. The molecule has 1 heterocycles. The second-order valence-electron chi connectivity index (χ2n) is 1.98. The first-order chi connectivity index (χ1) is 5.74. The van der Waals surface area contributed by atoms with E-state index in [1.165, 1.54) is 0 Å². The first-order valence-corrected chi connectivity index (χ1v) is 3.09. The van der Waals surface area contributed by atoms with Gasteiger partial charge in [0.15, 0.2) is 0 Å². The van der Waals surface area contributed by atoms with Crippen LogP contribution in [-0.4, -0.2) is 4.98 Å². The first kappa shape index (κ1) is 14.0. The Hall–Kier alpha value is -1.55. The monoisotopic (exact) mass is 222 g/mol. The maximum absolute atomic E-state index is 8.48. The van der Waals surface area contributed by atoms with E-state index in [4.69, 9.17) is 22.8 Å². The van der Waals surface area contributed by atoms with Gasteiger partial charge in [-0.1, -0.05) is 0 Å². The summed E-state index contributed by atoms with van der Waals surface area (Å²) < 4.78 is 0. The number of hydrogen-bond donors (Lipinski definition) is 1. The van der Waals surface area contributed by atoms with Gasteiger partial charge in [-0.05, 0) is 19.1 Å². The molecule has 0 fully saturated rings. The van der Waals surface area contributed by atoms with Crippen LogP contribution in [0.3, 0.4) is 0 Å². The summed E-state index contributed by atoms with van der Waals surface area (Å²) >= 11 is 0. The minimum absolute atomic E-state index is 0. The van der Waals surface area contributed by atoms with E-state index >= 15 is 0 Å². The van der Waals surface area contributed by atoms with Crippen LogP contribution in [0.4, 0.5) is 5.82 Å². The first-order valence-electron chi connectivity index (χ1n) is 3.09. The van der Waals surface area contributed by atoms with E-state index in [0.29, 0.717) is 17.1 Å². The van der Waals surface area contributed by atoms with E-state index in [1.54, 1.807) is 19.1 Å². The Balaban J connectivity index is 0. The molecule has 0 saturated heterocycles. The molecule has 0 amide bonds. The maximum atomic E-state index is 8.48. The summed E-state index contributed by atoms with van der Waals surface area (Å²) in [5.41, 5.74) is 6.62. The maximum Gasteiger partial charge on any atom is 1.00 e. The molecule has 5 heteroatoms. The molecule has 70 valence electrons. The van der Waals surface area contributed by atoms with Crippen molar-refractivity contribution in [3.8, 4) is 6.07 Å². The van der Waals surface area contributed by atoms with Gasteiger partial charge in [0.2, 0.25) is 0 Å². The number of aromatic nitrogens is 1. The normalized spacial score (nSPS) is 6.92. The van der Waals surface area contributed by atoms with Crippen molar-refractivity contribution in [3.63, 3.8) is 0 Å². The third kappa shape index (κ3) is 4.12. The molecular weight excluding hydrogens is 216 g/mol. The van der Waals surface area contributed by atoms with Gasteiger partial charge in [-0.2, -0.15) is 5.26 Å². The Morgan fingerprint density at radius 2 is 2.00 bits per heavy atom.